The lowest BCUT2D eigenvalue weighted by atomic mass is 10.3. The average Bonchev–Trinajstić information content (AvgIpc) is 2.73. The molecule has 2 aromatic rings. The zero-order valence-electron chi connectivity index (χ0n) is 9.93. The zero-order valence-corrected chi connectivity index (χ0v) is 11.5. The number of halogens is 1. The molecule has 0 radical (unpaired) electrons. The molecule has 0 fully saturated rings. The van der Waals surface area contributed by atoms with E-state index in [0.29, 0.717) is 18.0 Å². The van der Waals surface area contributed by atoms with Crippen LogP contribution in [0.5, 0.6) is 0 Å². The molecule has 4 nitrogen and oxygen atoms in total. The van der Waals surface area contributed by atoms with E-state index in [2.05, 4.69) is 4.99 Å². The largest absolute Gasteiger partial charge is 0.383 e. The van der Waals surface area contributed by atoms with Crippen molar-refractivity contribution in [2.75, 3.05) is 19.6 Å². The van der Waals surface area contributed by atoms with Crippen molar-refractivity contribution in [3.63, 3.8) is 0 Å². The number of carbonyl (C=O) groups is 1. The van der Waals surface area contributed by atoms with Gasteiger partial charge in [-0.3, -0.25) is 4.79 Å². The van der Waals surface area contributed by atoms with Crippen LogP contribution in [0.25, 0.3) is 10.2 Å². The summed E-state index contributed by atoms with van der Waals surface area (Å²) in [6, 6.07) is 7.94. The smallest absolute Gasteiger partial charge is 0.263 e. The van der Waals surface area contributed by atoms with Crippen molar-refractivity contribution < 1.29 is 9.53 Å². The van der Waals surface area contributed by atoms with Crippen LogP contribution in [-0.4, -0.2) is 30.1 Å². The zero-order chi connectivity index (χ0) is 13.0. The molecule has 0 aliphatic carbocycles. The van der Waals surface area contributed by atoms with E-state index in [0.717, 1.165) is 10.2 Å². The molecular formula is C12H13ClN2O2S. The summed E-state index contributed by atoms with van der Waals surface area (Å²) < 4.78 is 8.15. The molecule has 0 spiro atoms. The van der Waals surface area contributed by atoms with Crippen LogP contribution in [-0.2, 0) is 16.1 Å². The van der Waals surface area contributed by atoms with Crippen LogP contribution < -0.4 is 4.80 Å². The van der Waals surface area contributed by atoms with Gasteiger partial charge in [0, 0.05) is 13.7 Å². The molecule has 0 unspecified atom stereocenters. The summed E-state index contributed by atoms with van der Waals surface area (Å²) in [5.41, 5.74) is 1.06. The molecule has 0 saturated carbocycles. The number of aromatic nitrogens is 1. The standard InChI is InChI=1S/C12H13ClN2O2S/c1-17-7-6-15-9-4-2-3-5-10(9)18-12(15)14-11(16)8-13/h2-5H,6-8H2,1H3. The first-order valence-corrected chi connectivity index (χ1v) is 6.82. The van der Waals surface area contributed by atoms with Gasteiger partial charge in [0.25, 0.3) is 5.91 Å². The second-order valence-electron chi connectivity index (χ2n) is 3.64. The van der Waals surface area contributed by atoms with E-state index in [1.165, 1.54) is 11.3 Å². The fourth-order valence-corrected chi connectivity index (χ4v) is 2.77. The number of nitrogens with zero attached hydrogens (tertiary/aromatic N) is 2. The van der Waals surface area contributed by atoms with E-state index in [1.54, 1.807) is 7.11 Å². The quantitative estimate of drug-likeness (QED) is 0.806. The summed E-state index contributed by atoms with van der Waals surface area (Å²) >= 11 is 6.96. The molecule has 6 heteroatoms. The van der Waals surface area contributed by atoms with Gasteiger partial charge < -0.3 is 9.30 Å². The summed E-state index contributed by atoms with van der Waals surface area (Å²) in [5, 5.41) is 0. The first-order valence-electron chi connectivity index (χ1n) is 5.47. The Kier molecular flexibility index (Phi) is 4.52. The molecule has 0 atom stereocenters. The Balaban J connectivity index is 2.56. The van der Waals surface area contributed by atoms with E-state index >= 15 is 0 Å². The number of thiazole rings is 1. The maximum Gasteiger partial charge on any atom is 0.263 e. The van der Waals surface area contributed by atoms with Crippen molar-refractivity contribution in [3.8, 4) is 0 Å². The third-order valence-electron chi connectivity index (χ3n) is 2.44. The fraction of sp³-hybridized carbons (Fsp3) is 0.333. The van der Waals surface area contributed by atoms with Crippen molar-refractivity contribution in [3.05, 3.63) is 29.1 Å². The molecule has 0 saturated heterocycles. The third kappa shape index (κ3) is 2.80. The summed E-state index contributed by atoms with van der Waals surface area (Å²) in [7, 11) is 1.65. The predicted molar refractivity (Wildman–Crippen MR) is 73.0 cm³/mol. The van der Waals surface area contributed by atoms with Gasteiger partial charge in [-0.25, -0.2) is 0 Å². The molecule has 2 rings (SSSR count). The van der Waals surface area contributed by atoms with E-state index in [1.807, 2.05) is 28.8 Å². The van der Waals surface area contributed by atoms with Gasteiger partial charge in [0.05, 0.1) is 16.8 Å². The summed E-state index contributed by atoms with van der Waals surface area (Å²) in [6.45, 7) is 1.23. The predicted octanol–water partition coefficient (Wildman–Crippen LogP) is 2.02. The Morgan fingerprint density at radius 2 is 2.28 bits per heavy atom. The summed E-state index contributed by atoms with van der Waals surface area (Å²) in [6.07, 6.45) is 0. The van der Waals surface area contributed by atoms with Gasteiger partial charge in [0.15, 0.2) is 4.80 Å². The van der Waals surface area contributed by atoms with Crippen LogP contribution in [0.1, 0.15) is 0 Å². The Labute approximate surface area is 113 Å². The number of ether oxygens (including phenoxy) is 1. The number of fused-ring (bicyclic) bond motifs is 1. The van der Waals surface area contributed by atoms with Crippen LogP contribution in [0.3, 0.4) is 0 Å². The Morgan fingerprint density at radius 1 is 1.50 bits per heavy atom. The molecule has 1 amide bonds. The van der Waals surface area contributed by atoms with Crippen LogP contribution in [0, 0.1) is 0 Å². The van der Waals surface area contributed by atoms with Crippen molar-refractivity contribution >= 4 is 39.1 Å². The van der Waals surface area contributed by atoms with Crippen molar-refractivity contribution in [2.24, 2.45) is 4.99 Å². The Morgan fingerprint density at radius 3 is 3.00 bits per heavy atom. The van der Waals surface area contributed by atoms with Gasteiger partial charge in [0.1, 0.15) is 5.88 Å². The summed E-state index contributed by atoms with van der Waals surface area (Å²) in [5.74, 6) is -0.423. The highest BCUT2D eigenvalue weighted by molar-refractivity contribution is 7.16. The average molecular weight is 285 g/mol. The van der Waals surface area contributed by atoms with Crippen molar-refractivity contribution in [2.45, 2.75) is 6.54 Å². The van der Waals surface area contributed by atoms with Crippen LogP contribution in [0.15, 0.2) is 29.3 Å². The molecule has 1 aromatic heterocycles. The molecule has 0 N–H and O–H groups in total. The number of alkyl halides is 1. The van der Waals surface area contributed by atoms with Gasteiger partial charge in [-0.05, 0) is 12.1 Å². The number of hydrogen-bond acceptors (Lipinski definition) is 3. The normalized spacial score (nSPS) is 12.2. The molecule has 1 heterocycles. The van der Waals surface area contributed by atoms with E-state index in [9.17, 15) is 4.79 Å². The van der Waals surface area contributed by atoms with Crippen LogP contribution in [0.4, 0.5) is 0 Å². The fourth-order valence-electron chi connectivity index (χ4n) is 1.64. The van der Waals surface area contributed by atoms with Gasteiger partial charge in [-0.2, -0.15) is 4.99 Å². The number of carbonyl (C=O) groups excluding carboxylic acids is 1. The second kappa shape index (κ2) is 6.13. The lowest BCUT2D eigenvalue weighted by Crippen LogP contribution is -2.19. The third-order valence-corrected chi connectivity index (χ3v) is 3.73. The van der Waals surface area contributed by atoms with Crippen LogP contribution in [0.2, 0.25) is 0 Å². The van der Waals surface area contributed by atoms with E-state index in [4.69, 9.17) is 16.3 Å². The minimum Gasteiger partial charge on any atom is -0.383 e. The first-order chi connectivity index (χ1) is 8.76. The van der Waals surface area contributed by atoms with Gasteiger partial charge in [-0.15, -0.1) is 11.6 Å². The SMILES string of the molecule is COCCn1c(=NC(=O)CCl)sc2ccccc21. The van der Waals surface area contributed by atoms with Crippen LogP contribution >= 0.6 is 22.9 Å². The minimum absolute atomic E-state index is 0.0987. The van der Waals surface area contributed by atoms with Gasteiger partial charge in [0.2, 0.25) is 0 Å². The first kappa shape index (κ1) is 13.3. The molecule has 96 valence electrons. The van der Waals surface area contributed by atoms with E-state index < -0.39 is 0 Å². The molecule has 0 aliphatic heterocycles. The van der Waals surface area contributed by atoms with Crippen molar-refractivity contribution in [1.29, 1.82) is 0 Å². The molecule has 0 bridgehead atoms. The van der Waals surface area contributed by atoms with E-state index in [-0.39, 0.29) is 11.8 Å². The second-order valence-corrected chi connectivity index (χ2v) is 4.91. The molecular weight excluding hydrogens is 272 g/mol. The topological polar surface area (TPSA) is 43.6 Å². The Bertz CT molecular complexity index is 618. The highest BCUT2D eigenvalue weighted by Crippen LogP contribution is 2.16. The number of para-hydroxylation sites is 1. The molecule has 1 aromatic carbocycles. The highest BCUT2D eigenvalue weighted by Gasteiger charge is 2.06. The number of rotatable bonds is 4. The number of methoxy groups -OCH3 is 1. The maximum absolute atomic E-state index is 11.3. The molecule has 18 heavy (non-hydrogen) atoms. The highest BCUT2D eigenvalue weighted by atomic mass is 35.5. The van der Waals surface area contributed by atoms with Gasteiger partial charge in [-0.1, -0.05) is 23.5 Å². The lowest BCUT2D eigenvalue weighted by molar-refractivity contribution is -0.115. The Hall–Kier alpha value is -1.17. The van der Waals surface area contributed by atoms with Gasteiger partial charge >= 0.3 is 0 Å². The van der Waals surface area contributed by atoms with Crippen molar-refractivity contribution in [1.82, 2.24) is 4.57 Å². The minimum atomic E-state index is -0.325. The maximum atomic E-state index is 11.3. The number of amides is 1. The lowest BCUT2D eigenvalue weighted by Gasteiger charge is -2.03. The number of hydrogen-bond donors (Lipinski definition) is 0. The summed E-state index contributed by atoms with van der Waals surface area (Å²) in [4.78, 5) is 16.0. The number of benzene rings is 1. The monoisotopic (exact) mass is 284 g/mol. The molecule has 0 aliphatic rings.